The molecule has 2 aromatic rings. The first kappa shape index (κ1) is 24.4. The molecule has 0 spiro atoms. The average molecular weight is 446 g/mol. The highest BCUT2D eigenvalue weighted by Crippen LogP contribution is 2.24. The van der Waals surface area contributed by atoms with Crippen molar-refractivity contribution < 1.29 is 4.79 Å². The minimum Gasteiger partial charge on any atom is -0.353 e. The molecule has 2 heterocycles. The summed E-state index contributed by atoms with van der Waals surface area (Å²) in [6.45, 7) is 15.4. The van der Waals surface area contributed by atoms with Crippen LogP contribution in [0.5, 0.6) is 0 Å². The lowest BCUT2D eigenvalue weighted by molar-refractivity contribution is -0.126. The fraction of sp³-hybridized carbons (Fsp3) is 0.370. The Kier molecular flexibility index (Phi) is 8.55. The molecule has 6 heteroatoms. The maximum absolute atomic E-state index is 11.9. The molecule has 0 radical (unpaired) electrons. The van der Waals surface area contributed by atoms with Gasteiger partial charge < -0.3 is 9.80 Å². The highest BCUT2D eigenvalue weighted by Gasteiger charge is 2.24. The number of carbonyl (C=O) groups is 1. The maximum atomic E-state index is 11.9. The molecule has 1 amide bonds. The van der Waals surface area contributed by atoms with Gasteiger partial charge in [0.1, 0.15) is 12.1 Å². The summed E-state index contributed by atoms with van der Waals surface area (Å²) in [4.78, 5) is 27.6. The standard InChI is InChI=1S/C27H35N5O/c1-6-8-11-23-12-9-10-13-24(23)19-30(5)21(3)18-25-22(4)28-20-29-27(25)32-16-14-31(15-17-32)26(33)7-2/h6-13,20-21H,1-2,14-19H2,3-5H3/b11-8-. The summed E-state index contributed by atoms with van der Waals surface area (Å²) in [6, 6.07) is 8.77. The topological polar surface area (TPSA) is 52.6 Å². The molecular formula is C27H35N5O. The van der Waals surface area contributed by atoms with E-state index in [1.165, 1.54) is 22.8 Å². The Hall–Kier alpha value is -3.25. The Morgan fingerprint density at radius 1 is 1.18 bits per heavy atom. The normalized spacial score (nSPS) is 15.2. The molecule has 174 valence electrons. The van der Waals surface area contributed by atoms with Gasteiger partial charge in [0.05, 0.1) is 0 Å². The van der Waals surface area contributed by atoms with Gasteiger partial charge in [0.2, 0.25) is 5.91 Å². The SMILES string of the molecule is C=C/C=C\c1ccccc1CN(C)C(C)Cc1c(C)ncnc1N1CCN(C(=O)C=C)CC1. The summed E-state index contributed by atoms with van der Waals surface area (Å²) in [5.41, 5.74) is 4.69. The third-order valence-corrected chi connectivity index (χ3v) is 6.34. The van der Waals surface area contributed by atoms with E-state index in [9.17, 15) is 4.79 Å². The Morgan fingerprint density at radius 3 is 2.61 bits per heavy atom. The van der Waals surface area contributed by atoms with Crippen LogP contribution in [0, 0.1) is 6.92 Å². The number of likely N-dealkylation sites (N-methyl/N-ethyl adjacent to an activating group) is 1. The van der Waals surface area contributed by atoms with Crippen LogP contribution >= 0.6 is 0 Å². The molecule has 1 atom stereocenters. The largest absolute Gasteiger partial charge is 0.353 e. The molecule has 6 nitrogen and oxygen atoms in total. The van der Waals surface area contributed by atoms with Crippen molar-refractivity contribution in [3.05, 3.63) is 84.4 Å². The van der Waals surface area contributed by atoms with Crippen molar-refractivity contribution in [3.63, 3.8) is 0 Å². The Labute approximate surface area is 197 Å². The van der Waals surface area contributed by atoms with Crippen LogP contribution in [-0.4, -0.2) is 64.9 Å². The summed E-state index contributed by atoms with van der Waals surface area (Å²) >= 11 is 0. The van der Waals surface area contributed by atoms with Crippen LogP contribution in [0.4, 0.5) is 5.82 Å². The number of anilines is 1. The smallest absolute Gasteiger partial charge is 0.246 e. The quantitative estimate of drug-likeness (QED) is 0.433. The van der Waals surface area contributed by atoms with Crippen LogP contribution in [0.2, 0.25) is 0 Å². The minimum atomic E-state index is -0.00722. The molecule has 1 aromatic carbocycles. The number of aromatic nitrogens is 2. The van der Waals surface area contributed by atoms with E-state index in [1.807, 2.05) is 11.0 Å². The molecule has 1 aromatic heterocycles. The van der Waals surface area contributed by atoms with Gasteiger partial charge in [-0.2, -0.15) is 0 Å². The third kappa shape index (κ3) is 6.17. The van der Waals surface area contributed by atoms with E-state index in [0.717, 1.165) is 37.6 Å². The highest BCUT2D eigenvalue weighted by molar-refractivity contribution is 5.87. The molecule has 0 N–H and O–H groups in total. The van der Waals surface area contributed by atoms with E-state index < -0.39 is 0 Å². The van der Waals surface area contributed by atoms with E-state index in [1.54, 1.807) is 12.4 Å². The van der Waals surface area contributed by atoms with Gasteiger partial charge in [0.15, 0.2) is 0 Å². The molecule has 33 heavy (non-hydrogen) atoms. The van der Waals surface area contributed by atoms with Gasteiger partial charge in [0.25, 0.3) is 0 Å². The van der Waals surface area contributed by atoms with Gasteiger partial charge in [0, 0.05) is 50.0 Å². The first-order valence-electron chi connectivity index (χ1n) is 11.5. The lowest BCUT2D eigenvalue weighted by Crippen LogP contribution is -2.49. The minimum absolute atomic E-state index is 0.00722. The number of piperazine rings is 1. The predicted octanol–water partition coefficient (Wildman–Crippen LogP) is 3.88. The van der Waals surface area contributed by atoms with E-state index in [2.05, 4.69) is 84.2 Å². The number of hydrogen-bond donors (Lipinski definition) is 0. The lowest BCUT2D eigenvalue weighted by atomic mass is 10.0. The van der Waals surface area contributed by atoms with Gasteiger partial charge in [-0.25, -0.2) is 9.97 Å². The molecule has 1 aliphatic heterocycles. The predicted molar refractivity (Wildman–Crippen MR) is 136 cm³/mol. The zero-order valence-electron chi connectivity index (χ0n) is 20.1. The van der Waals surface area contributed by atoms with Gasteiger partial charge in [-0.1, -0.05) is 55.7 Å². The van der Waals surface area contributed by atoms with Crippen LogP contribution in [0.3, 0.4) is 0 Å². The van der Waals surface area contributed by atoms with Gasteiger partial charge >= 0.3 is 0 Å². The van der Waals surface area contributed by atoms with E-state index in [4.69, 9.17) is 0 Å². The number of nitrogens with zero attached hydrogens (tertiary/aromatic N) is 5. The number of allylic oxidation sites excluding steroid dienone is 2. The Morgan fingerprint density at radius 2 is 1.91 bits per heavy atom. The van der Waals surface area contributed by atoms with Gasteiger partial charge in [-0.3, -0.25) is 9.69 Å². The monoisotopic (exact) mass is 445 g/mol. The zero-order chi connectivity index (χ0) is 23.8. The average Bonchev–Trinajstić information content (AvgIpc) is 2.84. The van der Waals surface area contributed by atoms with Crippen molar-refractivity contribution in [2.24, 2.45) is 0 Å². The highest BCUT2D eigenvalue weighted by atomic mass is 16.2. The van der Waals surface area contributed by atoms with Crippen molar-refractivity contribution in [2.75, 3.05) is 38.1 Å². The second-order valence-corrected chi connectivity index (χ2v) is 8.54. The molecule has 0 bridgehead atoms. The Bertz CT molecular complexity index is 1010. The molecule has 1 saturated heterocycles. The van der Waals surface area contributed by atoms with Crippen molar-refractivity contribution in [2.45, 2.75) is 32.9 Å². The third-order valence-electron chi connectivity index (χ3n) is 6.34. The molecule has 1 fully saturated rings. The van der Waals surface area contributed by atoms with Crippen LogP contribution in [-0.2, 0) is 17.8 Å². The molecule has 1 unspecified atom stereocenters. The van der Waals surface area contributed by atoms with E-state index in [0.29, 0.717) is 19.1 Å². The fourth-order valence-electron chi connectivity index (χ4n) is 4.16. The number of hydrogen-bond acceptors (Lipinski definition) is 5. The van der Waals surface area contributed by atoms with Crippen LogP contribution < -0.4 is 4.90 Å². The lowest BCUT2D eigenvalue weighted by Gasteiger charge is -2.36. The zero-order valence-corrected chi connectivity index (χ0v) is 20.1. The van der Waals surface area contributed by atoms with Crippen molar-refractivity contribution in [1.82, 2.24) is 19.8 Å². The number of amides is 1. The second-order valence-electron chi connectivity index (χ2n) is 8.54. The molecule has 0 saturated carbocycles. The van der Waals surface area contributed by atoms with Gasteiger partial charge in [-0.15, -0.1) is 0 Å². The summed E-state index contributed by atoms with van der Waals surface area (Å²) in [7, 11) is 2.16. The van der Waals surface area contributed by atoms with Crippen LogP contribution in [0.15, 0.2) is 62.0 Å². The molecule has 3 rings (SSSR count). The number of benzene rings is 1. The molecule has 0 aliphatic carbocycles. The number of carbonyl (C=O) groups excluding carboxylic acids is 1. The summed E-state index contributed by atoms with van der Waals surface area (Å²) < 4.78 is 0. The van der Waals surface area contributed by atoms with Gasteiger partial charge in [-0.05, 0) is 44.5 Å². The van der Waals surface area contributed by atoms with E-state index in [-0.39, 0.29) is 5.91 Å². The Balaban J connectivity index is 1.72. The summed E-state index contributed by atoms with van der Waals surface area (Å²) in [6.07, 6.45) is 9.77. The van der Waals surface area contributed by atoms with Crippen molar-refractivity contribution in [1.29, 1.82) is 0 Å². The van der Waals surface area contributed by atoms with Crippen molar-refractivity contribution in [3.8, 4) is 0 Å². The molecular weight excluding hydrogens is 410 g/mol. The molecule has 1 aliphatic rings. The van der Waals surface area contributed by atoms with Crippen LogP contribution in [0.25, 0.3) is 6.08 Å². The first-order valence-corrected chi connectivity index (χ1v) is 11.5. The fourth-order valence-corrected chi connectivity index (χ4v) is 4.16. The van der Waals surface area contributed by atoms with E-state index >= 15 is 0 Å². The summed E-state index contributed by atoms with van der Waals surface area (Å²) in [5.74, 6) is 0.981. The van der Waals surface area contributed by atoms with Crippen LogP contribution in [0.1, 0.15) is 29.3 Å². The first-order chi connectivity index (χ1) is 15.9. The number of rotatable bonds is 9. The van der Waals surface area contributed by atoms with Crippen molar-refractivity contribution >= 4 is 17.8 Å². The summed E-state index contributed by atoms with van der Waals surface area (Å²) in [5, 5.41) is 0. The second kappa shape index (κ2) is 11.6. The number of aryl methyl sites for hydroxylation is 1. The maximum Gasteiger partial charge on any atom is 0.246 e.